The number of alkyl halides is 2. The molecule has 7 nitrogen and oxygen atoms in total. The molecule has 1 aliphatic rings. The molecular weight excluding hydrogens is 398 g/mol. The summed E-state index contributed by atoms with van der Waals surface area (Å²) in [5.41, 5.74) is 1.57. The van der Waals surface area contributed by atoms with Crippen LogP contribution >= 0.6 is 0 Å². The van der Waals surface area contributed by atoms with Crippen LogP contribution in [0.15, 0.2) is 54.6 Å². The van der Waals surface area contributed by atoms with Gasteiger partial charge in [0.25, 0.3) is 5.91 Å². The molecule has 2 amide bonds. The zero-order valence-corrected chi connectivity index (χ0v) is 15.9. The molecule has 1 N–H and O–H groups in total. The molecule has 0 aromatic heterocycles. The van der Waals surface area contributed by atoms with Gasteiger partial charge in [0.1, 0.15) is 12.3 Å². The highest BCUT2D eigenvalue weighted by atomic mass is 19.3. The standard InChI is InChI=1S/C21H18F2N2O5/c1-13(20(28)25-12-18(26)24-16-4-2-3-5-17(16)25)29-19(27)11-8-14-6-9-15(10-7-14)30-21(22)23/h2-11,13,21H,12H2,1H3,(H,24,26)/b11-8+/t13-/m1/s1. The fourth-order valence-corrected chi connectivity index (χ4v) is 2.84. The second kappa shape index (κ2) is 9.17. The molecule has 156 valence electrons. The molecular formula is C21H18F2N2O5. The third-order valence-corrected chi connectivity index (χ3v) is 4.19. The lowest BCUT2D eigenvalue weighted by Crippen LogP contribution is -2.46. The average Bonchev–Trinajstić information content (AvgIpc) is 2.71. The summed E-state index contributed by atoms with van der Waals surface area (Å²) in [7, 11) is 0. The van der Waals surface area contributed by atoms with Crippen LogP contribution in [0.25, 0.3) is 6.08 Å². The summed E-state index contributed by atoms with van der Waals surface area (Å²) in [4.78, 5) is 37.9. The van der Waals surface area contributed by atoms with Crippen LogP contribution in [0.2, 0.25) is 0 Å². The van der Waals surface area contributed by atoms with Crippen LogP contribution in [0.1, 0.15) is 12.5 Å². The van der Waals surface area contributed by atoms with Crippen LogP contribution in [-0.2, 0) is 19.1 Å². The lowest BCUT2D eigenvalue weighted by molar-refractivity contribution is -0.149. The molecule has 0 spiro atoms. The first-order chi connectivity index (χ1) is 14.3. The van der Waals surface area contributed by atoms with E-state index in [2.05, 4.69) is 10.1 Å². The smallest absolute Gasteiger partial charge is 0.387 e. The summed E-state index contributed by atoms with van der Waals surface area (Å²) >= 11 is 0. The molecule has 30 heavy (non-hydrogen) atoms. The van der Waals surface area contributed by atoms with Crippen molar-refractivity contribution in [3.8, 4) is 5.75 Å². The minimum Gasteiger partial charge on any atom is -0.449 e. The van der Waals surface area contributed by atoms with Crippen molar-refractivity contribution in [1.29, 1.82) is 0 Å². The molecule has 1 atom stereocenters. The van der Waals surface area contributed by atoms with E-state index in [1.165, 1.54) is 42.2 Å². The van der Waals surface area contributed by atoms with Crippen molar-refractivity contribution in [3.63, 3.8) is 0 Å². The van der Waals surface area contributed by atoms with Gasteiger partial charge in [-0.1, -0.05) is 24.3 Å². The molecule has 0 saturated carbocycles. The lowest BCUT2D eigenvalue weighted by Gasteiger charge is -2.30. The van der Waals surface area contributed by atoms with Gasteiger partial charge in [0.05, 0.1) is 11.4 Å². The van der Waals surface area contributed by atoms with Crippen molar-refractivity contribution in [3.05, 3.63) is 60.2 Å². The van der Waals surface area contributed by atoms with Crippen molar-refractivity contribution < 1.29 is 32.6 Å². The highest BCUT2D eigenvalue weighted by Crippen LogP contribution is 2.29. The zero-order valence-electron chi connectivity index (χ0n) is 15.9. The first kappa shape index (κ1) is 21.0. The van der Waals surface area contributed by atoms with E-state index >= 15 is 0 Å². The molecule has 2 aromatic rings. The van der Waals surface area contributed by atoms with Gasteiger partial charge in [0.2, 0.25) is 5.91 Å². The number of halogens is 2. The van der Waals surface area contributed by atoms with Gasteiger partial charge in [-0.3, -0.25) is 14.5 Å². The predicted octanol–water partition coefficient (Wildman–Crippen LogP) is 3.22. The number of anilines is 2. The molecule has 3 rings (SSSR count). The second-order valence-corrected chi connectivity index (χ2v) is 6.35. The first-order valence-electron chi connectivity index (χ1n) is 8.97. The number of nitrogens with zero attached hydrogens (tertiary/aromatic N) is 1. The maximum Gasteiger partial charge on any atom is 0.387 e. The third-order valence-electron chi connectivity index (χ3n) is 4.19. The third kappa shape index (κ3) is 5.19. The Hall–Kier alpha value is -3.75. The number of ether oxygens (including phenoxy) is 2. The number of hydrogen-bond donors (Lipinski definition) is 1. The molecule has 0 radical (unpaired) electrons. The van der Waals surface area contributed by atoms with E-state index in [0.29, 0.717) is 16.9 Å². The first-order valence-corrected chi connectivity index (χ1v) is 8.97. The maximum absolute atomic E-state index is 12.7. The van der Waals surface area contributed by atoms with E-state index in [0.717, 1.165) is 6.08 Å². The van der Waals surface area contributed by atoms with Gasteiger partial charge in [-0.2, -0.15) is 8.78 Å². The topological polar surface area (TPSA) is 84.9 Å². The highest BCUT2D eigenvalue weighted by Gasteiger charge is 2.31. The van der Waals surface area contributed by atoms with Gasteiger partial charge in [0.15, 0.2) is 6.10 Å². The fourth-order valence-electron chi connectivity index (χ4n) is 2.84. The van der Waals surface area contributed by atoms with Crippen LogP contribution in [0, 0.1) is 0 Å². The number of rotatable bonds is 6. The summed E-state index contributed by atoms with van der Waals surface area (Å²) in [5, 5.41) is 2.67. The molecule has 2 aromatic carbocycles. The van der Waals surface area contributed by atoms with Gasteiger partial charge in [-0.05, 0) is 42.8 Å². The minimum atomic E-state index is -2.92. The van der Waals surface area contributed by atoms with E-state index in [1.54, 1.807) is 24.3 Å². The summed E-state index contributed by atoms with van der Waals surface area (Å²) in [6.07, 6.45) is 1.40. The molecule has 0 bridgehead atoms. The highest BCUT2D eigenvalue weighted by molar-refractivity contribution is 6.11. The average molecular weight is 416 g/mol. The van der Waals surface area contributed by atoms with Gasteiger partial charge in [-0.25, -0.2) is 4.79 Å². The van der Waals surface area contributed by atoms with Crippen molar-refractivity contribution >= 4 is 35.2 Å². The Bertz CT molecular complexity index is 976. The number of para-hydroxylation sites is 2. The Morgan fingerprint density at radius 1 is 1.13 bits per heavy atom. The molecule has 0 unspecified atom stereocenters. The Morgan fingerprint density at radius 2 is 1.83 bits per heavy atom. The second-order valence-electron chi connectivity index (χ2n) is 6.35. The van der Waals surface area contributed by atoms with Gasteiger partial charge in [-0.15, -0.1) is 0 Å². The van der Waals surface area contributed by atoms with Crippen LogP contribution in [-0.4, -0.2) is 37.0 Å². The number of esters is 1. The summed E-state index contributed by atoms with van der Waals surface area (Å²) < 4.78 is 33.7. The number of carbonyl (C=O) groups excluding carboxylic acids is 3. The molecule has 0 fully saturated rings. The van der Waals surface area contributed by atoms with Crippen LogP contribution < -0.4 is 15.0 Å². The number of fused-ring (bicyclic) bond motifs is 1. The number of hydrogen-bond acceptors (Lipinski definition) is 5. The van der Waals surface area contributed by atoms with Crippen molar-refractivity contribution in [2.75, 3.05) is 16.8 Å². The normalized spacial score (nSPS) is 14.3. The fraction of sp³-hybridized carbons (Fsp3) is 0.190. The number of nitrogens with one attached hydrogen (secondary N) is 1. The Kier molecular flexibility index (Phi) is 6.41. The zero-order chi connectivity index (χ0) is 21.7. The molecule has 0 saturated heterocycles. The quantitative estimate of drug-likeness (QED) is 0.577. The Labute approximate surface area is 170 Å². The Morgan fingerprint density at radius 3 is 2.53 bits per heavy atom. The van der Waals surface area contributed by atoms with Crippen LogP contribution in [0.5, 0.6) is 5.75 Å². The molecule has 1 aliphatic heterocycles. The minimum absolute atomic E-state index is 0.00482. The lowest BCUT2D eigenvalue weighted by atomic mass is 10.1. The SMILES string of the molecule is C[C@@H](OC(=O)/C=C/c1ccc(OC(F)F)cc1)C(=O)N1CC(=O)Nc2ccccc21. The number of benzene rings is 2. The largest absolute Gasteiger partial charge is 0.449 e. The van der Waals surface area contributed by atoms with E-state index < -0.39 is 24.6 Å². The summed E-state index contributed by atoms with van der Waals surface area (Å²) in [6, 6.07) is 12.5. The van der Waals surface area contributed by atoms with Crippen molar-refractivity contribution in [2.24, 2.45) is 0 Å². The number of amides is 2. The van der Waals surface area contributed by atoms with E-state index in [4.69, 9.17) is 4.74 Å². The molecule has 0 aliphatic carbocycles. The van der Waals surface area contributed by atoms with E-state index in [-0.39, 0.29) is 18.2 Å². The molecule has 1 heterocycles. The van der Waals surface area contributed by atoms with E-state index in [1.807, 2.05) is 0 Å². The number of carbonyl (C=O) groups is 3. The van der Waals surface area contributed by atoms with Gasteiger partial charge in [0, 0.05) is 6.08 Å². The molecule has 9 heteroatoms. The monoisotopic (exact) mass is 416 g/mol. The van der Waals surface area contributed by atoms with Crippen molar-refractivity contribution in [1.82, 2.24) is 0 Å². The van der Waals surface area contributed by atoms with Gasteiger partial charge < -0.3 is 14.8 Å². The van der Waals surface area contributed by atoms with E-state index in [9.17, 15) is 23.2 Å². The van der Waals surface area contributed by atoms with Crippen LogP contribution in [0.3, 0.4) is 0 Å². The Balaban J connectivity index is 1.61. The summed E-state index contributed by atoms with van der Waals surface area (Å²) in [5.74, 6) is -1.65. The van der Waals surface area contributed by atoms with Crippen LogP contribution in [0.4, 0.5) is 20.2 Å². The summed E-state index contributed by atoms with van der Waals surface area (Å²) in [6.45, 7) is -1.68. The predicted molar refractivity (Wildman–Crippen MR) is 105 cm³/mol. The maximum atomic E-state index is 12.7. The van der Waals surface area contributed by atoms with Gasteiger partial charge >= 0.3 is 12.6 Å². The van der Waals surface area contributed by atoms with Crippen molar-refractivity contribution in [2.45, 2.75) is 19.6 Å².